The van der Waals surface area contributed by atoms with Gasteiger partial charge in [0.15, 0.2) is 0 Å². The molecule has 1 atom stereocenters. The molecule has 0 unspecified atom stereocenters. The van der Waals surface area contributed by atoms with Gasteiger partial charge in [0.25, 0.3) is 5.91 Å². The van der Waals surface area contributed by atoms with Gasteiger partial charge in [-0.1, -0.05) is 6.07 Å². The Hall–Kier alpha value is -3.09. The summed E-state index contributed by atoms with van der Waals surface area (Å²) in [5.41, 5.74) is 1.53. The number of methoxy groups -OCH3 is 1. The number of amides is 2. The fraction of sp³-hybridized carbons (Fsp3) is 0.350. The van der Waals surface area contributed by atoms with E-state index in [4.69, 9.17) is 4.74 Å². The number of hydrogen-bond donors (Lipinski definition) is 1. The summed E-state index contributed by atoms with van der Waals surface area (Å²) in [5, 5.41) is 2.75. The average Bonchev–Trinajstić information content (AvgIpc) is 2.74. The molecule has 7 heteroatoms. The maximum atomic E-state index is 12.7. The number of anilines is 1. The van der Waals surface area contributed by atoms with E-state index in [1.807, 2.05) is 24.3 Å². The Morgan fingerprint density at radius 1 is 1.15 bits per heavy atom. The number of nitrogens with one attached hydrogen (secondary N) is 1. The van der Waals surface area contributed by atoms with Crippen LogP contribution in [-0.4, -0.2) is 61.0 Å². The maximum absolute atomic E-state index is 12.7. The van der Waals surface area contributed by atoms with Crippen LogP contribution in [0.15, 0.2) is 48.8 Å². The molecule has 1 aliphatic rings. The lowest BCUT2D eigenvalue weighted by molar-refractivity contribution is -0.133. The number of pyridine rings is 1. The summed E-state index contributed by atoms with van der Waals surface area (Å²) in [6.45, 7) is 4.42. The van der Waals surface area contributed by atoms with E-state index >= 15 is 0 Å². The number of ether oxygens (including phenoxy) is 1. The Bertz CT molecular complexity index is 789. The highest BCUT2D eigenvalue weighted by Gasteiger charge is 2.26. The van der Waals surface area contributed by atoms with Gasteiger partial charge in [-0.15, -0.1) is 0 Å². The maximum Gasteiger partial charge on any atom is 0.253 e. The molecule has 2 aromatic rings. The van der Waals surface area contributed by atoms with E-state index in [9.17, 15) is 9.59 Å². The number of benzene rings is 1. The summed E-state index contributed by atoms with van der Waals surface area (Å²) in [4.78, 5) is 32.8. The minimum absolute atomic E-state index is 0.0717. The van der Waals surface area contributed by atoms with Crippen molar-refractivity contribution in [2.75, 3.05) is 38.2 Å². The Labute approximate surface area is 158 Å². The molecular formula is C20H24N4O3. The zero-order valence-electron chi connectivity index (χ0n) is 15.6. The van der Waals surface area contributed by atoms with Crippen molar-refractivity contribution in [3.8, 4) is 5.75 Å². The highest BCUT2D eigenvalue weighted by atomic mass is 16.5. The van der Waals surface area contributed by atoms with Gasteiger partial charge in [0, 0.05) is 50.3 Å². The zero-order valence-corrected chi connectivity index (χ0v) is 15.6. The van der Waals surface area contributed by atoms with E-state index < -0.39 is 6.04 Å². The molecule has 1 saturated heterocycles. The molecule has 3 rings (SSSR count). The van der Waals surface area contributed by atoms with Crippen LogP contribution in [0.3, 0.4) is 0 Å². The molecule has 2 heterocycles. The first kappa shape index (κ1) is 18.7. The van der Waals surface area contributed by atoms with Gasteiger partial charge in [-0.2, -0.15) is 0 Å². The molecule has 0 saturated carbocycles. The minimum atomic E-state index is -0.582. The predicted molar refractivity (Wildman–Crippen MR) is 103 cm³/mol. The summed E-state index contributed by atoms with van der Waals surface area (Å²) < 4.78 is 5.27. The summed E-state index contributed by atoms with van der Waals surface area (Å²) in [5.74, 6) is 0.453. The van der Waals surface area contributed by atoms with Crippen LogP contribution in [-0.2, 0) is 4.79 Å². The number of carbonyl (C=O) groups is 2. The Morgan fingerprint density at radius 2 is 1.93 bits per heavy atom. The number of carbonyl (C=O) groups excluding carboxylic acids is 2. The molecule has 2 amide bonds. The second kappa shape index (κ2) is 8.53. The van der Waals surface area contributed by atoms with Crippen LogP contribution < -0.4 is 15.0 Å². The van der Waals surface area contributed by atoms with Gasteiger partial charge in [0.1, 0.15) is 11.8 Å². The lowest BCUT2D eigenvalue weighted by atomic mass is 10.2. The molecule has 0 radical (unpaired) electrons. The van der Waals surface area contributed by atoms with Crippen molar-refractivity contribution in [2.24, 2.45) is 0 Å². The Kier molecular flexibility index (Phi) is 5.90. The molecule has 1 aromatic heterocycles. The van der Waals surface area contributed by atoms with Crippen molar-refractivity contribution >= 4 is 17.5 Å². The van der Waals surface area contributed by atoms with Crippen LogP contribution in [0.25, 0.3) is 0 Å². The third kappa shape index (κ3) is 4.55. The van der Waals surface area contributed by atoms with Crippen LogP contribution in [0.5, 0.6) is 5.75 Å². The third-order valence-electron chi connectivity index (χ3n) is 4.65. The number of rotatable bonds is 5. The molecule has 1 N–H and O–H groups in total. The number of aromatic nitrogens is 1. The molecule has 7 nitrogen and oxygen atoms in total. The lowest BCUT2D eigenvalue weighted by Gasteiger charge is -2.37. The van der Waals surface area contributed by atoms with Gasteiger partial charge in [-0.05, 0) is 31.2 Å². The molecule has 1 fully saturated rings. The highest BCUT2D eigenvalue weighted by Crippen LogP contribution is 2.22. The Balaban J connectivity index is 1.54. The van der Waals surface area contributed by atoms with Crippen LogP contribution in [0.4, 0.5) is 5.69 Å². The first-order chi connectivity index (χ1) is 13.1. The van der Waals surface area contributed by atoms with E-state index in [0.29, 0.717) is 18.7 Å². The van der Waals surface area contributed by atoms with Gasteiger partial charge in [0.05, 0.1) is 12.7 Å². The molecule has 1 aromatic carbocycles. The zero-order chi connectivity index (χ0) is 19.2. The van der Waals surface area contributed by atoms with Crippen molar-refractivity contribution < 1.29 is 14.3 Å². The summed E-state index contributed by atoms with van der Waals surface area (Å²) in [6.07, 6.45) is 3.09. The van der Waals surface area contributed by atoms with Crippen molar-refractivity contribution in [3.05, 3.63) is 54.4 Å². The topological polar surface area (TPSA) is 74.8 Å². The SMILES string of the molecule is COc1cccc(N2CCN(C(=O)[C@@H](C)NC(=O)c3cccnc3)CC2)c1. The van der Waals surface area contributed by atoms with Crippen molar-refractivity contribution in [2.45, 2.75) is 13.0 Å². The van der Waals surface area contributed by atoms with Gasteiger partial charge in [0.2, 0.25) is 5.91 Å². The first-order valence-corrected chi connectivity index (χ1v) is 8.97. The quantitative estimate of drug-likeness (QED) is 0.867. The minimum Gasteiger partial charge on any atom is -0.497 e. The molecule has 142 valence electrons. The first-order valence-electron chi connectivity index (χ1n) is 8.97. The fourth-order valence-electron chi connectivity index (χ4n) is 3.10. The normalized spacial score (nSPS) is 15.2. The number of nitrogens with zero attached hydrogens (tertiary/aromatic N) is 3. The largest absolute Gasteiger partial charge is 0.497 e. The van der Waals surface area contributed by atoms with Crippen LogP contribution in [0.2, 0.25) is 0 Å². The second-order valence-electron chi connectivity index (χ2n) is 6.45. The lowest BCUT2D eigenvalue weighted by Crippen LogP contribution is -2.54. The molecule has 1 aliphatic heterocycles. The molecular weight excluding hydrogens is 344 g/mol. The van der Waals surface area contributed by atoms with Crippen LogP contribution in [0, 0.1) is 0 Å². The summed E-state index contributed by atoms with van der Waals surface area (Å²) >= 11 is 0. The van der Waals surface area contributed by atoms with E-state index in [0.717, 1.165) is 24.5 Å². The Morgan fingerprint density at radius 3 is 2.59 bits per heavy atom. The van der Waals surface area contributed by atoms with Crippen LogP contribution in [0.1, 0.15) is 17.3 Å². The average molecular weight is 368 g/mol. The molecule has 0 aliphatic carbocycles. The van der Waals surface area contributed by atoms with E-state index in [-0.39, 0.29) is 11.8 Å². The highest BCUT2D eigenvalue weighted by molar-refractivity contribution is 5.97. The van der Waals surface area contributed by atoms with E-state index in [1.54, 1.807) is 37.3 Å². The number of piperazine rings is 1. The van der Waals surface area contributed by atoms with Crippen molar-refractivity contribution in [3.63, 3.8) is 0 Å². The van der Waals surface area contributed by atoms with E-state index in [2.05, 4.69) is 15.2 Å². The standard InChI is InChI=1S/C20H24N4O3/c1-15(22-19(25)16-5-4-8-21-14-16)20(26)24-11-9-23(10-12-24)17-6-3-7-18(13-17)27-2/h3-8,13-15H,9-12H2,1-2H3,(H,22,25)/t15-/m1/s1. The van der Waals surface area contributed by atoms with Crippen molar-refractivity contribution in [1.29, 1.82) is 0 Å². The predicted octanol–water partition coefficient (Wildman–Crippen LogP) is 1.56. The molecule has 0 spiro atoms. The third-order valence-corrected chi connectivity index (χ3v) is 4.65. The van der Waals surface area contributed by atoms with Gasteiger partial charge < -0.3 is 19.9 Å². The second-order valence-corrected chi connectivity index (χ2v) is 6.45. The number of hydrogen-bond acceptors (Lipinski definition) is 5. The van der Waals surface area contributed by atoms with Gasteiger partial charge in [-0.25, -0.2) is 0 Å². The van der Waals surface area contributed by atoms with E-state index in [1.165, 1.54) is 6.20 Å². The van der Waals surface area contributed by atoms with Crippen LogP contribution >= 0.6 is 0 Å². The monoisotopic (exact) mass is 368 g/mol. The fourth-order valence-corrected chi connectivity index (χ4v) is 3.10. The summed E-state index contributed by atoms with van der Waals surface area (Å²) in [6, 6.07) is 10.7. The summed E-state index contributed by atoms with van der Waals surface area (Å²) in [7, 11) is 1.65. The molecule has 27 heavy (non-hydrogen) atoms. The smallest absolute Gasteiger partial charge is 0.253 e. The van der Waals surface area contributed by atoms with Gasteiger partial charge in [-0.3, -0.25) is 14.6 Å². The molecule has 0 bridgehead atoms. The van der Waals surface area contributed by atoms with Gasteiger partial charge >= 0.3 is 0 Å². The van der Waals surface area contributed by atoms with Crippen molar-refractivity contribution in [1.82, 2.24) is 15.2 Å².